The highest BCUT2D eigenvalue weighted by Gasteiger charge is 2.05. The van der Waals surface area contributed by atoms with E-state index in [0.717, 1.165) is 30.5 Å². The summed E-state index contributed by atoms with van der Waals surface area (Å²) in [4.78, 5) is 1.06. The zero-order valence-electron chi connectivity index (χ0n) is 12.0. The van der Waals surface area contributed by atoms with Crippen LogP contribution >= 0.6 is 11.8 Å². The zero-order chi connectivity index (χ0) is 15.1. The number of nitrogens with one attached hydrogen (secondary N) is 1. The first-order valence-electron chi connectivity index (χ1n) is 7.05. The van der Waals surface area contributed by atoms with Gasteiger partial charge in [0.2, 0.25) is 0 Å². The van der Waals surface area contributed by atoms with Crippen molar-refractivity contribution in [2.45, 2.75) is 30.5 Å². The number of benzene rings is 2. The Morgan fingerprint density at radius 2 is 1.95 bits per heavy atom. The molecule has 0 fully saturated rings. The lowest BCUT2D eigenvalue weighted by atomic mass is 10.2. The van der Waals surface area contributed by atoms with E-state index >= 15 is 0 Å². The van der Waals surface area contributed by atoms with E-state index in [2.05, 4.69) is 24.4 Å². The molecule has 2 rings (SSSR count). The van der Waals surface area contributed by atoms with Gasteiger partial charge in [-0.25, -0.2) is 8.78 Å². The fourth-order valence-electron chi connectivity index (χ4n) is 1.97. The summed E-state index contributed by atoms with van der Waals surface area (Å²) in [5.41, 5.74) is 1.60. The summed E-state index contributed by atoms with van der Waals surface area (Å²) < 4.78 is 26.7. The minimum atomic E-state index is -0.399. The van der Waals surface area contributed by atoms with Crippen LogP contribution in [0.1, 0.15) is 24.5 Å². The fraction of sp³-hybridized carbons (Fsp3) is 0.294. The summed E-state index contributed by atoms with van der Waals surface area (Å²) in [5, 5.41) is 3.35. The molecular weight excluding hydrogens is 288 g/mol. The third-order valence-corrected chi connectivity index (χ3v) is 4.10. The molecule has 0 amide bonds. The normalized spacial score (nSPS) is 10.8. The van der Waals surface area contributed by atoms with E-state index in [4.69, 9.17) is 0 Å². The van der Waals surface area contributed by atoms with Gasteiger partial charge in [-0.1, -0.05) is 19.1 Å². The van der Waals surface area contributed by atoms with Crippen LogP contribution in [-0.2, 0) is 12.3 Å². The molecule has 0 aliphatic carbocycles. The average molecular weight is 307 g/mol. The van der Waals surface area contributed by atoms with E-state index in [-0.39, 0.29) is 5.82 Å². The minimum Gasteiger partial charge on any atom is -0.313 e. The molecule has 1 nitrogen and oxygen atoms in total. The van der Waals surface area contributed by atoms with Gasteiger partial charge in [0.15, 0.2) is 0 Å². The number of halogens is 2. The number of thioether (sulfide) groups is 1. The Labute approximate surface area is 128 Å². The first-order chi connectivity index (χ1) is 10.2. The third kappa shape index (κ3) is 5.14. The summed E-state index contributed by atoms with van der Waals surface area (Å²) in [5.74, 6) is -0.329. The Kier molecular flexibility index (Phi) is 6.21. The summed E-state index contributed by atoms with van der Waals surface area (Å²) in [6, 6.07) is 11.7. The molecule has 0 aliphatic rings. The van der Waals surface area contributed by atoms with Gasteiger partial charge in [-0.3, -0.25) is 0 Å². The van der Waals surface area contributed by atoms with Crippen molar-refractivity contribution in [1.29, 1.82) is 0 Å². The Bertz CT molecular complexity index is 587. The first-order valence-corrected chi connectivity index (χ1v) is 8.04. The minimum absolute atomic E-state index is 0.357. The predicted octanol–water partition coefficient (Wildman–Crippen LogP) is 4.76. The SMILES string of the molecule is CCCNCc1cccc(SCc2cc(F)ccc2F)c1. The van der Waals surface area contributed by atoms with E-state index in [0.29, 0.717) is 11.3 Å². The lowest BCUT2D eigenvalue weighted by molar-refractivity contribution is 0.591. The van der Waals surface area contributed by atoms with Gasteiger partial charge in [-0.15, -0.1) is 11.8 Å². The largest absolute Gasteiger partial charge is 0.313 e. The van der Waals surface area contributed by atoms with Crippen molar-refractivity contribution >= 4 is 11.8 Å². The van der Waals surface area contributed by atoms with Crippen LogP contribution in [0.3, 0.4) is 0 Å². The molecule has 0 aromatic heterocycles. The highest BCUT2D eigenvalue weighted by molar-refractivity contribution is 7.98. The van der Waals surface area contributed by atoms with Crippen LogP contribution in [0.2, 0.25) is 0 Å². The van der Waals surface area contributed by atoms with Crippen LogP contribution in [-0.4, -0.2) is 6.54 Å². The lowest BCUT2D eigenvalue weighted by Crippen LogP contribution is -2.13. The summed E-state index contributed by atoms with van der Waals surface area (Å²) >= 11 is 1.52. The number of hydrogen-bond donors (Lipinski definition) is 1. The van der Waals surface area contributed by atoms with E-state index < -0.39 is 5.82 Å². The monoisotopic (exact) mass is 307 g/mol. The molecule has 0 saturated heterocycles. The van der Waals surface area contributed by atoms with E-state index in [1.165, 1.54) is 29.5 Å². The van der Waals surface area contributed by atoms with Crippen LogP contribution in [0, 0.1) is 11.6 Å². The van der Waals surface area contributed by atoms with Gasteiger partial charge in [0.05, 0.1) is 0 Å². The van der Waals surface area contributed by atoms with Crippen LogP contribution in [0.25, 0.3) is 0 Å². The van der Waals surface area contributed by atoms with Crippen molar-refractivity contribution in [2.24, 2.45) is 0 Å². The highest BCUT2D eigenvalue weighted by Crippen LogP contribution is 2.25. The van der Waals surface area contributed by atoms with Crippen LogP contribution in [0.15, 0.2) is 47.4 Å². The molecule has 112 valence electrons. The topological polar surface area (TPSA) is 12.0 Å². The molecule has 0 spiro atoms. The first kappa shape index (κ1) is 16.0. The second-order valence-electron chi connectivity index (χ2n) is 4.85. The Balaban J connectivity index is 1.96. The summed E-state index contributed by atoms with van der Waals surface area (Å²) in [6.07, 6.45) is 1.10. The smallest absolute Gasteiger partial charge is 0.127 e. The van der Waals surface area contributed by atoms with Crippen LogP contribution < -0.4 is 5.32 Å². The molecule has 0 unspecified atom stereocenters. The molecule has 0 atom stereocenters. The van der Waals surface area contributed by atoms with Gasteiger partial charge < -0.3 is 5.32 Å². The van der Waals surface area contributed by atoms with Crippen molar-refractivity contribution < 1.29 is 8.78 Å². The van der Waals surface area contributed by atoms with Gasteiger partial charge in [-0.05, 0) is 48.9 Å². The van der Waals surface area contributed by atoms with Gasteiger partial charge in [0.25, 0.3) is 0 Å². The van der Waals surface area contributed by atoms with Crippen molar-refractivity contribution in [1.82, 2.24) is 5.32 Å². The molecule has 0 bridgehead atoms. The molecule has 21 heavy (non-hydrogen) atoms. The standard InChI is InChI=1S/C17H19F2NS/c1-2-8-20-11-13-4-3-5-16(9-13)21-12-14-10-15(18)6-7-17(14)19/h3-7,9-10,20H,2,8,11-12H2,1H3. The summed E-state index contributed by atoms with van der Waals surface area (Å²) in [6.45, 7) is 3.95. The Morgan fingerprint density at radius 3 is 2.76 bits per heavy atom. The Morgan fingerprint density at radius 1 is 1.10 bits per heavy atom. The molecule has 0 aliphatic heterocycles. The van der Waals surface area contributed by atoms with Crippen LogP contribution in [0.5, 0.6) is 0 Å². The number of hydrogen-bond acceptors (Lipinski definition) is 2. The fourth-order valence-corrected chi connectivity index (χ4v) is 2.92. The molecule has 0 heterocycles. The second kappa shape index (κ2) is 8.15. The van der Waals surface area contributed by atoms with Gasteiger partial charge in [-0.2, -0.15) is 0 Å². The van der Waals surface area contributed by atoms with Gasteiger partial charge >= 0.3 is 0 Å². The second-order valence-corrected chi connectivity index (χ2v) is 5.90. The molecule has 4 heteroatoms. The molecule has 0 saturated carbocycles. The van der Waals surface area contributed by atoms with Crippen molar-refractivity contribution in [2.75, 3.05) is 6.54 Å². The summed E-state index contributed by atoms with van der Waals surface area (Å²) in [7, 11) is 0. The van der Waals surface area contributed by atoms with Gasteiger partial charge in [0, 0.05) is 22.8 Å². The number of rotatable bonds is 7. The quantitative estimate of drug-likeness (QED) is 0.585. The van der Waals surface area contributed by atoms with E-state index in [1.54, 1.807) is 0 Å². The Hall–Kier alpha value is -1.39. The highest BCUT2D eigenvalue weighted by atomic mass is 32.2. The van der Waals surface area contributed by atoms with Crippen LogP contribution in [0.4, 0.5) is 8.78 Å². The molecule has 2 aromatic rings. The van der Waals surface area contributed by atoms with Gasteiger partial charge in [0.1, 0.15) is 11.6 Å². The predicted molar refractivity (Wildman–Crippen MR) is 84.4 cm³/mol. The van der Waals surface area contributed by atoms with E-state index in [9.17, 15) is 8.78 Å². The maximum absolute atomic E-state index is 13.6. The van der Waals surface area contributed by atoms with E-state index in [1.807, 2.05) is 12.1 Å². The third-order valence-electron chi connectivity index (χ3n) is 3.06. The van der Waals surface area contributed by atoms with Crippen molar-refractivity contribution in [3.05, 3.63) is 65.2 Å². The molecule has 2 aromatic carbocycles. The zero-order valence-corrected chi connectivity index (χ0v) is 12.9. The maximum atomic E-state index is 13.6. The van der Waals surface area contributed by atoms with Crippen molar-refractivity contribution in [3.8, 4) is 0 Å². The van der Waals surface area contributed by atoms with Crippen molar-refractivity contribution in [3.63, 3.8) is 0 Å². The molecular formula is C17H19F2NS. The molecule has 1 N–H and O–H groups in total. The maximum Gasteiger partial charge on any atom is 0.127 e. The average Bonchev–Trinajstić information content (AvgIpc) is 2.49. The molecule has 0 radical (unpaired) electrons. The lowest BCUT2D eigenvalue weighted by Gasteiger charge is -2.07.